The maximum absolute atomic E-state index is 14.0. The van der Waals surface area contributed by atoms with Crippen molar-refractivity contribution >= 4 is 27.2 Å². The first-order chi connectivity index (χ1) is 11.7. The number of benzene rings is 2. The normalized spacial score (nSPS) is 10.9. The van der Waals surface area contributed by atoms with E-state index >= 15 is 0 Å². The van der Waals surface area contributed by atoms with Crippen LogP contribution in [0.1, 0.15) is 0 Å². The molecular formula is C18H12FN3OS. The number of hydrogen-bond donors (Lipinski definition) is 1. The molecule has 0 spiro atoms. The number of halogens is 1. The Morgan fingerprint density at radius 2 is 1.88 bits per heavy atom. The summed E-state index contributed by atoms with van der Waals surface area (Å²) in [7, 11) is 0. The molecule has 0 unspecified atom stereocenters. The van der Waals surface area contributed by atoms with Gasteiger partial charge in [0, 0.05) is 22.7 Å². The van der Waals surface area contributed by atoms with Gasteiger partial charge in [-0.15, -0.1) is 11.3 Å². The Morgan fingerprint density at radius 3 is 2.67 bits per heavy atom. The first kappa shape index (κ1) is 14.6. The highest BCUT2D eigenvalue weighted by Gasteiger charge is 2.16. The lowest BCUT2D eigenvalue weighted by molar-refractivity contribution is 0.432. The fourth-order valence-corrected chi connectivity index (χ4v) is 3.37. The Hall–Kier alpha value is -2.99. The van der Waals surface area contributed by atoms with E-state index in [9.17, 15) is 4.39 Å². The van der Waals surface area contributed by atoms with Crippen molar-refractivity contribution < 1.29 is 9.13 Å². The maximum atomic E-state index is 14.0. The fraction of sp³-hybridized carbons (Fsp3) is 0. The molecular weight excluding hydrogens is 325 g/mol. The quantitative estimate of drug-likeness (QED) is 0.542. The Morgan fingerprint density at radius 1 is 1.04 bits per heavy atom. The standard InChI is InChI=1S/C18H12FN3OS/c19-14-8-12(20)6-7-15(14)23-17-16-13(11-4-2-1-3-5-11)9-24-18(16)22-10-21-17/h1-10H,20H2. The second kappa shape index (κ2) is 5.90. The van der Waals surface area contributed by atoms with Crippen molar-refractivity contribution in [3.63, 3.8) is 0 Å². The molecule has 4 aromatic rings. The molecule has 0 radical (unpaired) electrons. The molecule has 0 aliphatic rings. The molecule has 0 saturated heterocycles. The van der Waals surface area contributed by atoms with Crippen LogP contribution < -0.4 is 10.5 Å². The molecule has 2 aromatic carbocycles. The van der Waals surface area contributed by atoms with E-state index in [2.05, 4.69) is 9.97 Å². The van der Waals surface area contributed by atoms with E-state index in [0.717, 1.165) is 21.3 Å². The summed E-state index contributed by atoms with van der Waals surface area (Å²) in [5.74, 6) is -0.128. The number of ether oxygens (including phenoxy) is 1. The van der Waals surface area contributed by atoms with E-state index in [1.54, 1.807) is 6.07 Å². The van der Waals surface area contributed by atoms with Gasteiger partial charge < -0.3 is 10.5 Å². The minimum absolute atomic E-state index is 0.0782. The number of nitrogens with zero attached hydrogens (tertiary/aromatic N) is 2. The van der Waals surface area contributed by atoms with E-state index < -0.39 is 5.82 Å². The van der Waals surface area contributed by atoms with E-state index in [1.165, 1.54) is 29.8 Å². The van der Waals surface area contributed by atoms with Crippen LogP contribution >= 0.6 is 11.3 Å². The van der Waals surface area contributed by atoms with Gasteiger partial charge in [-0.05, 0) is 17.7 Å². The average molecular weight is 337 g/mol. The predicted octanol–water partition coefficient (Wildman–Crippen LogP) is 4.87. The summed E-state index contributed by atoms with van der Waals surface area (Å²) < 4.78 is 19.8. The third kappa shape index (κ3) is 2.57. The van der Waals surface area contributed by atoms with Crippen molar-refractivity contribution in [1.29, 1.82) is 0 Å². The van der Waals surface area contributed by atoms with Crippen LogP contribution in [-0.2, 0) is 0 Å². The first-order valence-corrected chi connectivity index (χ1v) is 8.11. The molecule has 6 heteroatoms. The summed E-state index contributed by atoms with van der Waals surface area (Å²) in [5, 5.41) is 2.77. The highest BCUT2D eigenvalue weighted by Crippen LogP contribution is 2.39. The van der Waals surface area contributed by atoms with Crippen molar-refractivity contribution in [2.24, 2.45) is 0 Å². The zero-order chi connectivity index (χ0) is 16.5. The Kier molecular flexibility index (Phi) is 3.59. The van der Waals surface area contributed by atoms with Gasteiger partial charge in [-0.2, -0.15) is 0 Å². The van der Waals surface area contributed by atoms with Gasteiger partial charge in [0.2, 0.25) is 5.88 Å². The second-order valence-electron chi connectivity index (χ2n) is 5.17. The Labute approximate surface area is 141 Å². The summed E-state index contributed by atoms with van der Waals surface area (Å²) in [6.07, 6.45) is 1.41. The Balaban J connectivity index is 1.85. The van der Waals surface area contributed by atoms with Crippen LogP contribution in [0.2, 0.25) is 0 Å². The van der Waals surface area contributed by atoms with Crippen molar-refractivity contribution in [2.45, 2.75) is 0 Å². The van der Waals surface area contributed by atoms with Crippen LogP contribution in [-0.4, -0.2) is 9.97 Å². The summed E-state index contributed by atoms with van der Waals surface area (Å²) in [4.78, 5) is 9.27. The summed E-state index contributed by atoms with van der Waals surface area (Å²) in [5.41, 5.74) is 7.91. The lowest BCUT2D eigenvalue weighted by Gasteiger charge is -2.08. The molecule has 4 nitrogen and oxygen atoms in total. The van der Waals surface area contributed by atoms with E-state index in [1.807, 2.05) is 35.7 Å². The highest BCUT2D eigenvalue weighted by molar-refractivity contribution is 7.17. The van der Waals surface area contributed by atoms with Crippen molar-refractivity contribution in [1.82, 2.24) is 9.97 Å². The molecule has 0 amide bonds. The molecule has 4 rings (SSSR count). The largest absolute Gasteiger partial charge is 0.435 e. The molecule has 0 bridgehead atoms. The van der Waals surface area contributed by atoms with Gasteiger partial charge in [0.05, 0.1) is 5.39 Å². The lowest BCUT2D eigenvalue weighted by atomic mass is 10.1. The zero-order valence-corrected chi connectivity index (χ0v) is 13.3. The van der Waals surface area contributed by atoms with Gasteiger partial charge in [0.1, 0.15) is 11.2 Å². The smallest absolute Gasteiger partial charge is 0.231 e. The van der Waals surface area contributed by atoms with Crippen LogP contribution in [0.25, 0.3) is 21.3 Å². The topological polar surface area (TPSA) is 61.0 Å². The zero-order valence-electron chi connectivity index (χ0n) is 12.4. The van der Waals surface area contributed by atoms with Crippen LogP contribution in [0.3, 0.4) is 0 Å². The highest BCUT2D eigenvalue weighted by atomic mass is 32.1. The number of nitrogen functional groups attached to an aromatic ring is 1. The van der Waals surface area contributed by atoms with Crippen molar-refractivity contribution in [3.05, 3.63) is 66.1 Å². The van der Waals surface area contributed by atoms with E-state index in [-0.39, 0.29) is 5.75 Å². The molecule has 0 atom stereocenters. The number of thiophene rings is 1. The molecule has 2 N–H and O–H groups in total. The Bertz CT molecular complexity index is 1020. The maximum Gasteiger partial charge on any atom is 0.231 e. The van der Waals surface area contributed by atoms with Gasteiger partial charge in [0.15, 0.2) is 11.6 Å². The van der Waals surface area contributed by atoms with Crippen molar-refractivity contribution in [2.75, 3.05) is 5.73 Å². The van der Waals surface area contributed by atoms with Gasteiger partial charge in [-0.25, -0.2) is 14.4 Å². The molecule has 24 heavy (non-hydrogen) atoms. The summed E-state index contributed by atoms with van der Waals surface area (Å²) >= 11 is 1.50. The van der Waals surface area contributed by atoms with E-state index in [0.29, 0.717) is 11.6 Å². The van der Waals surface area contributed by atoms with Crippen LogP contribution in [0.5, 0.6) is 11.6 Å². The fourth-order valence-electron chi connectivity index (χ4n) is 2.46. The molecule has 0 aliphatic carbocycles. The minimum atomic E-state index is -0.529. The van der Waals surface area contributed by atoms with Gasteiger partial charge in [0.25, 0.3) is 0 Å². The lowest BCUT2D eigenvalue weighted by Crippen LogP contribution is -1.94. The number of fused-ring (bicyclic) bond motifs is 1. The number of anilines is 1. The molecule has 0 fully saturated rings. The van der Waals surface area contributed by atoms with Crippen LogP contribution in [0.4, 0.5) is 10.1 Å². The summed E-state index contributed by atoms with van der Waals surface area (Å²) in [6.45, 7) is 0. The number of hydrogen-bond acceptors (Lipinski definition) is 5. The van der Waals surface area contributed by atoms with Crippen LogP contribution in [0.15, 0.2) is 60.2 Å². The van der Waals surface area contributed by atoms with E-state index in [4.69, 9.17) is 10.5 Å². The minimum Gasteiger partial charge on any atom is -0.435 e. The van der Waals surface area contributed by atoms with Crippen molar-refractivity contribution in [3.8, 4) is 22.8 Å². The SMILES string of the molecule is Nc1ccc(Oc2ncnc3scc(-c4ccccc4)c23)c(F)c1. The average Bonchev–Trinajstić information content (AvgIpc) is 3.03. The van der Waals surface area contributed by atoms with Gasteiger partial charge in [-0.3, -0.25) is 0 Å². The first-order valence-electron chi connectivity index (χ1n) is 7.23. The number of nitrogens with two attached hydrogens (primary N) is 1. The van der Waals surface area contributed by atoms with Gasteiger partial charge >= 0.3 is 0 Å². The summed E-state index contributed by atoms with van der Waals surface area (Å²) in [6, 6.07) is 14.2. The predicted molar refractivity (Wildman–Crippen MR) is 93.7 cm³/mol. The van der Waals surface area contributed by atoms with Crippen LogP contribution in [0, 0.1) is 5.82 Å². The molecule has 2 aromatic heterocycles. The second-order valence-corrected chi connectivity index (χ2v) is 6.02. The monoisotopic (exact) mass is 337 g/mol. The molecule has 118 valence electrons. The molecule has 0 aliphatic heterocycles. The molecule has 2 heterocycles. The third-order valence-electron chi connectivity index (χ3n) is 3.58. The third-order valence-corrected chi connectivity index (χ3v) is 4.47. The molecule has 0 saturated carbocycles. The number of rotatable bonds is 3. The number of aromatic nitrogens is 2. The van der Waals surface area contributed by atoms with Gasteiger partial charge in [-0.1, -0.05) is 30.3 Å².